The lowest BCUT2D eigenvalue weighted by atomic mass is 10.1. The zero-order valence-corrected chi connectivity index (χ0v) is 13.1. The van der Waals surface area contributed by atoms with Crippen molar-refractivity contribution >= 4 is 15.7 Å². The van der Waals surface area contributed by atoms with Crippen molar-refractivity contribution in [2.45, 2.75) is 31.2 Å². The molecule has 0 bridgehead atoms. The maximum absolute atomic E-state index is 12.8. The van der Waals surface area contributed by atoms with Crippen molar-refractivity contribution in [2.75, 3.05) is 20.1 Å². The molecule has 1 saturated heterocycles. The van der Waals surface area contributed by atoms with Crippen LogP contribution in [0.25, 0.3) is 0 Å². The third-order valence-corrected chi connectivity index (χ3v) is 5.99. The average Bonchev–Trinajstić information content (AvgIpc) is 2.93. The Kier molecular flexibility index (Phi) is 4.31. The highest BCUT2D eigenvalue weighted by atomic mass is 32.2. The van der Waals surface area contributed by atoms with Crippen molar-refractivity contribution in [1.29, 1.82) is 0 Å². The number of benzene rings is 1. The minimum atomic E-state index is -3.90. The summed E-state index contributed by atoms with van der Waals surface area (Å²) in [5.74, 6) is 0. The van der Waals surface area contributed by atoms with Crippen molar-refractivity contribution in [3.05, 3.63) is 33.4 Å². The van der Waals surface area contributed by atoms with Crippen molar-refractivity contribution in [1.82, 2.24) is 9.62 Å². The van der Waals surface area contributed by atoms with E-state index < -0.39 is 14.9 Å². The van der Waals surface area contributed by atoms with Gasteiger partial charge in [-0.05, 0) is 32.4 Å². The summed E-state index contributed by atoms with van der Waals surface area (Å²) in [4.78, 5) is 10.5. The molecular weight excluding hydrogens is 294 g/mol. The monoisotopic (exact) mass is 313 g/mol. The van der Waals surface area contributed by atoms with Gasteiger partial charge in [0.15, 0.2) is 4.90 Å². The molecule has 7 nitrogen and oxygen atoms in total. The molecule has 1 aromatic carbocycles. The molecule has 1 aliphatic rings. The van der Waals surface area contributed by atoms with Gasteiger partial charge >= 0.3 is 0 Å². The van der Waals surface area contributed by atoms with Crippen LogP contribution >= 0.6 is 0 Å². The Morgan fingerprint density at radius 1 is 1.33 bits per heavy atom. The second-order valence-electron chi connectivity index (χ2n) is 5.30. The van der Waals surface area contributed by atoms with Crippen LogP contribution in [-0.2, 0) is 10.0 Å². The van der Waals surface area contributed by atoms with Crippen LogP contribution in [0.15, 0.2) is 17.0 Å². The van der Waals surface area contributed by atoms with Crippen LogP contribution in [0.3, 0.4) is 0 Å². The molecule has 1 aliphatic heterocycles. The summed E-state index contributed by atoms with van der Waals surface area (Å²) in [6, 6.07) is 3.01. The zero-order chi connectivity index (χ0) is 15.8. The molecule has 0 radical (unpaired) electrons. The van der Waals surface area contributed by atoms with Gasteiger partial charge in [-0.15, -0.1) is 0 Å². The number of hydrogen-bond acceptors (Lipinski definition) is 5. The largest absolute Gasteiger partial charge is 0.315 e. The first-order valence-corrected chi connectivity index (χ1v) is 8.14. The van der Waals surface area contributed by atoms with Crippen molar-refractivity contribution in [2.24, 2.45) is 0 Å². The molecule has 2 rings (SSSR count). The highest BCUT2D eigenvalue weighted by Crippen LogP contribution is 2.33. The standard InChI is InChI=1S/C13H19N3O4S/c1-9-4-5-10(2)13(12(9)16(17)18)21(19,20)15(3)11-6-7-14-8-11/h4-5,11,14H,6-8H2,1-3H3. The summed E-state index contributed by atoms with van der Waals surface area (Å²) >= 11 is 0. The molecule has 0 amide bonds. The van der Waals surface area contributed by atoms with Crippen LogP contribution in [0.4, 0.5) is 5.69 Å². The summed E-state index contributed by atoms with van der Waals surface area (Å²) < 4.78 is 26.9. The molecule has 1 unspecified atom stereocenters. The van der Waals surface area contributed by atoms with E-state index in [1.807, 2.05) is 0 Å². The van der Waals surface area contributed by atoms with Crippen LogP contribution in [0.5, 0.6) is 0 Å². The summed E-state index contributed by atoms with van der Waals surface area (Å²) in [5.41, 5.74) is 0.417. The number of nitro groups is 1. The van der Waals surface area contributed by atoms with Gasteiger partial charge < -0.3 is 5.32 Å². The summed E-state index contributed by atoms with van der Waals surface area (Å²) in [6.45, 7) is 4.45. The summed E-state index contributed by atoms with van der Waals surface area (Å²) in [7, 11) is -2.41. The first-order chi connectivity index (χ1) is 9.76. The first kappa shape index (κ1) is 15.9. The fraction of sp³-hybridized carbons (Fsp3) is 0.538. The van der Waals surface area contributed by atoms with Crippen LogP contribution in [-0.4, -0.2) is 43.8 Å². The van der Waals surface area contributed by atoms with E-state index in [1.54, 1.807) is 26.0 Å². The smallest absolute Gasteiger partial charge is 0.292 e. The van der Waals surface area contributed by atoms with Gasteiger partial charge in [-0.25, -0.2) is 8.42 Å². The SMILES string of the molecule is Cc1ccc(C)c(S(=O)(=O)N(C)C2CCNC2)c1[N+](=O)[O-]. The molecule has 1 aromatic rings. The third kappa shape index (κ3) is 2.78. The maximum atomic E-state index is 12.8. The summed E-state index contributed by atoms with van der Waals surface area (Å²) in [6.07, 6.45) is 0.703. The average molecular weight is 313 g/mol. The summed E-state index contributed by atoms with van der Waals surface area (Å²) in [5, 5.41) is 14.4. The fourth-order valence-electron chi connectivity index (χ4n) is 2.61. The van der Waals surface area contributed by atoms with E-state index in [-0.39, 0.29) is 16.6 Å². The van der Waals surface area contributed by atoms with E-state index in [2.05, 4.69) is 5.32 Å². The van der Waals surface area contributed by atoms with Gasteiger partial charge in [0.1, 0.15) is 0 Å². The first-order valence-electron chi connectivity index (χ1n) is 6.70. The molecule has 1 heterocycles. The van der Waals surface area contributed by atoms with Crippen LogP contribution in [0.2, 0.25) is 0 Å². The fourth-order valence-corrected chi connectivity index (χ4v) is 4.43. The van der Waals surface area contributed by atoms with Gasteiger partial charge in [0, 0.05) is 25.2 Å². The Labute approximate surface area is 124 Å². The van der Waals surface area contributed by atoms with E-state index in [4.69, 9.17) is 0 Å². The Balaban J connectivity index is 2.59. The van der Waals surface area contributed by atoms with Gasteiger partial charge in [0.05, 0.1) is 4.92 Å². The molecule has 116 valence electrons. The third-order valence-electron chi connectivity index (χ3n) is 3.90. The number of aryl methyl sites for hydroxylation is 2. The minimum absolute atomic E-state index is 0.172. The Hall–Kier alpha value is -1.51. The van der Waals surface area contributed by atoms with E-state index in [1.165, 1.54) is 11.4 Å². The van der Waals surface area contributed by atoms with Gasteiger partial charge in [-0.3, -0.25) is 10.1 Å². The van der Waals surface area contributed by atoms with E-state index in [9.17, 15) is 18.5 Å². The number of likely N-dealkylation sites (N-methyl/N-ethyl adjacent to an activating group) is 1. The Bertz CT molecular complexity index is 666. The van der Waals surface area contributed by atoms with E-state index >= 15 is 0 Å². The minimum Gasteiger partial charge on any atom is -0.315 e. The lowest BCUT2D eigenvalue weighted by Crippen LogP contribution is -2.38. The molecule has 1 fully saturated rings. The normalized spacial score (nSPS) is 19.1. The number of hydrogen-bond donors (Lipinski definition) is 1. The number of nitrogens with one attached hydrogen (secondary N) is 1. The zero-order valence-electron chi connectivity index (χ0n) is 12.3. The van der Waals surface area contributed by atoms with Gasteiger partial charge in [-0.2, -0.15) is 4.31 Å². The van der Waals surface area contributed by atoms with Crippen molar-refractivity contribution in [3.8, 4) is 0 Å². The molecule has 0 spiro atoms. The second kappa shape index (κ2) is 5.70. The maximum Gasteiger partial charge on any atom is 0.292 e. The molecular formula is C13H19N3O4S. The van der Waals surface area contributed by atoms with Gasteiger partial charge in [-0.1, -0.05) is 12.1 Å². The van der Waals surface area contributed by atoms with Crippen molar-refractivity contribution in [3.63, 3.8) is 0 Å². The van der Waals surface area contributed by atoms with Gasteiger partial charge in [0.25, 0.3) is 5.69 Å². The van der Waals surface area contributed by atoms with Crippen molar-refractivity contribution < 1.29 is 13.3 Å². The van der Waals surface area contributed by atoms with Crippen LogP contribution in [0, 0.1) is 24.0 Å². The number of sulfonamides is 1. The second-order valence-corrected chi connectivity index (χ2v) is 7.24. The lowest BCUT2D eigenvalue weighted by Gasteiger charge is -2.24. The molecule has 8 heteroatoms. The Morgan fingerprint density at radius 2 is 1.95 bits per heavy atom. The Morgan fingerprint density at radius 3 is 2.48 bits per heavy atom. The molecule has 0 aliphatic carbocycles. The number of rotatable bonds is 4. The van der Waals surface area contributed by atoms with Crippen LogP contribution in [0.1, 0.15) is 17.5 Å². The number of nitrogens with zero attached hydrogens (tertiary/aromatic N) is 2. The molecule has 0 aromatic heterocycles. The lowest BCUT2D eigenvalue weighted by molar-refractivity contribution is -0.388. The quantitative estimate of drug-likeness (QED) is 0.666. The van der Waals surface area contributed by atoms with E-state index in [0.29, 0.717) is 24.1 Å². The topological polar surface area (TPSA) is 92.6 Å². The molecule has 0 saturated carbocycles. The van der Waals surface area contributed by atoms with Gasteiger partial charge in [0.2, 0.25) is 10.0 Å². The molecule has 1 N–H and O–H groups in total. The molecule has 1 atom stereocenters. The highest BCUT2D eigenvalue weighted by Gasteiger charge is 2.36. The van der Waals surface area contributed by atoms with Crippen LogP contribution < -0.4 is 5.32 Å². The number of nitro benzene ring substituents is 1. The highest BCUT2D eigenvalue weighted by molar-refractivity contribution is 7.89. The predicted molar refractivity (Wildman–Crippen MR) is 78.8 cm³/mol. The predicted octanol–water partition coefficient (Wildman–Crippen LogP) is 1.19. The van der Waals surface area contributed by atoms with E-state index in [0.717, 1.165) is 6.54 Å². The molecule has 21 heavy (non-hydrogen) atoms.